The highest BCUT2D eigenvalue weighted by molar-refractivity contribution is 5.75. The van der Waals surface area contributed by atoms with E-state index >= 15 is 0 Å². The summed E-state index contributed by atoms with van der Waals surface area (Å²) in [7, 11) is 4.99. The second-order valence-corrected chi connectivity index (χ2v) is 5.54. The lowest BCUT2D eigenvalue weighted by atomic mass is 10.1. The number of rotatable bonds is 7. The third kappa shape index (κ3) is 3.21. The monoisotopic (exact) mass is 326 g/mol. The van der Waals surface area contributed by atoms with E-state index in [4.69, 9.17) is 14.2 Å². The summed E-state index contributed by atoms with van der Waals surface area (Å²) in [5, 5.41) is 0. The van der Waals surface area contributed by atoms with Crippen molar-refractivity contribution in [3.63, 3.8) is 0 Å². The molecule has 0 saturated carbocycles. The topological polar surface area (TPSA) is 45.5 Å². The van der Waals surface area contributed by atoms with E-state index in [-0.39, 0.29) is 0 Å². The van der Waals surface area contributed by atoms with Crippen LogP contribution in [0.3, 0.4) is 0 Å². The van der Waals surface area contributed by atoms with Crippen molar-refractivity contribution in [2.45, 2.75) is 19.6 Å². The van der Waals surface area contributed by atoms with Gasteiger partial charge in [-0.25, -0.2) is 4.98 Å². The zero-order valence-electron chi connectivity index (χ0n) is 14.3. The maximum atomic E-state index is 5.38. The maximum Gasteiger partial charge on any atom is 0.160 e. The summed E-state index contributed by atoms with van der Waals surface area (Å²) in [5.41, 5.74) is 3.32. The number of hydrogen-bond donors (Lipinski definition) is 0. The second kappa shape index (κ2) is 7.36. The molecule has 0 spiro atoms. The zero-order chi connectivity index (χ0) is 16.9. The third-order valence-electron chi connectivity index (χ3n) is 4.08. The molecule has 0 fully saturated rings. The molecule has 0 radical (unpaired) electrons. The summed E-state index contributed by atoms with van der Waals surface area (Å²) in [6.45, 7) is 1.33. The Balaban J connectivity index is 1.86. The molecule has 0 bridgehead atoms. The number of nitrogens with zero attached hydrogens (tertiary/aromatic N) is 2. The minimum atomic E-state index is 0.501. The lowest BCUT2D eigenvalue weighted by Crippen LogP contribution is -2.07. The van der Waals surface area contributed by atoms with Crippen LogP contribution in [0.1, 0.15) is 11.4 Å². The highest BCUT2D eigenvalue weighted by Crippen LogP contribution is 2.28. The van der Waals surface area contributed by atoms with Crippen molar-refractivity contribution in [2.75, 3.05) is 21.3 Å². The van der Waals surface area contributed by atoms with Gasteiger partial charge in [-0.15, -0.1) is 0 Å². The zero-order valence-corrected chi connectivity index (χ0v) is 14.3. The van der Waals surface area contributed by atoms with E-state index < -0.39 is 0 Å². The van der Waals surface area contributed by atoms with Crippen LogP contribution in [0.5, 0.6) is 11.5 Å². The molecule has 24 heavy (non-hydrogen) atoms. The van der Waals surface area contributed by atoms with Crippen LogP contribution in [-0.4, -0.2) is 30.9 Å². The molecule has 1 heterocycles. The van der Waals surface area contributed by atoms with Crippen LogP contribution in [0.25, 0.3) is 11.0 Å². The van der Waals surface area contributed by atoms with E-state index in [0.29, 0.717) is 6.61 Å². The van der Waals surface area contributed by atoms with Crippen LogP contribution in [0.4, 0.5) is 0 Å². The van der Waals surface area contributed by atoms with Crippen LogP contribution >= 0.6 is 0 Å². The van der Waals surface area contributed by atoms with Crippen molar-refractivity contribution in [1.82, 2.24) is 9.55 Å². The first-order valence-electron chi connectivity index (χ1n) is 7.90. The van der Waals surface area contributed by atoms with Gasteiger partial charge in [-0.2, -0.15) is 0 Å². The maximum absolute atomic E-state index is 5.38. The fourth-order valence-corrected chi connectivity index (χ4v) is 2.89. The Morgan fingerprint density at radius 1 is 0.958 bits per heavy atom. The van der Waals surface area contributed by atoms with Gasteiger partial charge in [0.05, 0.1) is 25.3 Å². The van der Waals surface area contributed by atoms with Crippen molar-refractivity contribution >= 4 is 11.0 Å². The number of methoxy groups -OCH3 is 3. The SMILES string of the molecule is COCc1nc2ccccc2n1CCc1ccc(OC)c(OC)c1. The van der Waals surface area contributed by atoms with Crippen molar-refractivity contribution in [1.29, 1.82) is 0 Å². The number of imidazole rings is 1. The first-order valence-corrected chi connectivity index (χ1v) is 7.90. The molecule has 0 saturated heterocycles. The average molecular weight is 326 g/mol. The van der Waals surface area contributed by atoms with Crippen molar-refractivity contribution < 1.29 is 14.2 Å². The number of hydrogen-bond acceptors (Lipinski definition) is 4. The van der Waals surface area contributed by atoms with Gasteiger partial charge in [-0.1, -0.05) is 18.2 Å². The lowest BCUT2D eigenvalue weighted by Gasteiger charge is -2.11. The molecule has 3 rings (SSSR count). The lowest BCUT2D eigenvalue weighted by molar-refractivity contribution is 0.174. The van der Waals surface area contributed by atoms with E-state index in [1.165, 1.54) is 5.56 Å². The number of para-hydroxylation sites is 2. The summed E-state index contributed by atoms with van der Waals surface area (Å²) in [6, 6.07) is 14.2. The predicted molar refractivity (Wildman–Crippen MR) is 93.7 cm³/mol. The van der Waals surface area contributed by atoms with Crippen LogP contribution in [0, 0.1) is 0 Å². The minimum Gasteiger partial charge on any atom is -0.493 e. The molecule has 3 aromatic rings. The molecule has 0 atom stereocenters. The van der Waals surface area contributed by atoms with Gasteiger partial charge in [0.25, 0.3) is 0 Å². The standard InChI is InChI=1S/C19H22N2O3/c1-22-13-19-20-15-6-4-5-7-16(15)21(19)11-10-14-8-9-17(23-2)18(12-14)24-3/h4-9,12H,10-11,13H2,1-3H3. The molecule has 0 aliphatic heterocycles. The second-order valence-electron chi connectivity index (χ2n) is 5.54. The molecule has 0 unspecified atom stereocenters. The molecule has 5 nitrogen and oxygen atoms in total. The molecule has 2 aromatic carbocycles. The molecule has 0 aliphatic carbocycles. The minimum absolute atomic E-state index is 0.501. The molecular weight excluding hydrogens is 304 g/mol. The molecular formula is C19H22N2O3. The van der Waals surface area contributed by atoms with E-state index in [1.54, 1.807) is 21.3 Å². The van der Waals surface area contributed by atoms with Crippen molar-refractivity contribution in [2.24, 2.45) is 0 Å². The van der Waals surface area contributed by atoms with E-state index in [2.05, 4.69) is 21.7 Å². The van der Waals surface area contributed by atoms with Gasteiger partial charge in [-0.05, 0) is 36.2 Å². The first kappa shape index (κ1) is 16.3. The number of aryl methyl sites for hydroxylation is 2. The molecule has 126 valence electrons. The van der Waals surface area contributed by atoms with Crippen LogP contribution < -0.4 is 9.47 Å². The summed E-state index contributed by atoms with van der Waals surface area (Å²) in [6.07, 6.45) is 0.872. The van der Waals surface area contributed by atoms with Gasteiger partial charge >= 0.3 is 0 Å². The van der Waals surface area contributed by atoms with Gasteiger partial charge in [0.15, 0.2) is 11.5 Å². The molecule has 0 N–H and O–H groups in total. The van der Waals surface area contributed by atoms with Gasteiger partial charge in [0, 0.05) is 13.7 Å². The number of aromatic nitrogens is 2. The molecule has 5 heteroatoms. The molecule has 0 aliphatic rings. The fourth-order valence-electron chi connectivity index (χ4n) is 2.89. The normalized spacial score (nSPS) is 11.0. The first-order chi connectivity index (χ1) is 11.8. The molecule has 1 aromatic heterocycles. The van der Waals surface area contributed by atoms with Crippen LogP contribution in [0.2, 0.25) is 0 Å². The molecule has 0 amide bonds. The Hall–Kier alpha value is -2.53. The fraction of sp³-hybridized carbons (Fsp3) is 0.316. The number of fused-ring (bicyclic) bond motifs is 1. The number of ether oxygens (including phenoxy) is 3. The van der Waals surface area contributed by atoms with Gasteiger partial charge in [-0.3, -0.25) is 0 Å². The predicted octanol–water partition coefficient (Wildman–Crippen LogP) is 3.44. The van der Waals surface area contributed by atoms with E-state index in [1.807, 2.05) is 30.3 Å². The Kier molecular flexibility index (Phi) is 5.01. The van der Waals surface area contributed by atoms with Gasteiger partial charge in [0.2, 0.25) is 0 Å². The Labute approximate surface area is 141 Å². The Morgan fingerprint density at radius 3 is 2.50 bits per heavy atom. The largest absolute Gasteiger partial charge is 0.493 e. The highest BCUT2D eigenvalue weighted by Gasteiger charge is 2.11. The summed E-state index contributed by atoms with van der Waals surface area (Å²) in [4.78, 5) is 4.67. The van der Waals surface area contributed by atoms with E-state index in [9.17, 15) is 0 Å². The quantitative estimate of drug-likeness (QED) is 0.667. The van der Waals surface area contributed by atoms with Crippen LogP contribution in [0.15, 0.2) is 42.5 Å². The summed E-state index contributed by atoms with van der Waals surface area (Å²) < 4.78 is 18.2. The van der Waals surface area contributed by atoms with Crippen molar-refractivity contribution in [3.05, 3.63) is 53.9 Å². The van der Waals surface area contributed by atoms with Gasteiger partial charge in [0.1, 0.15) is 12.4 Å². The number of benzene rings is 2. The van der Waals surface area contributed by atoms with Crippen LogP contribution in [-0.2, 0) is 24.3 Å². The Morgan fingerprint density at radius 2 is 1.75 bits per heavy atom. The highest BCUT2D eigenvalue weighted by atomic mass is 16.5. The average Bonchev–Trinajstić information content (AvgIpc) is 2.97. The Bertz CT molecular complexity index is 827. The van der Waals surface area contributed by atoms with Crippen molar-refractivity contribution in [3.8, 4) is 11.5 Å². The summed E-state index contributed by atoms with van der Waals surface area (Å²) >= 11 is 0. The third-order valence-corrected chi connectivity index (χ3v) is 4.08. The van der Waals surface area contributed by atoms with E-state index in [0.717, 1.165) is 41.3 Å². The smallest absolute Gasteiger partial charge is 0.160 e. The van der Waals surface area contributed by atoms with Gasteiger partial charge < -0.3 is 18.8 Å². The summed E-state index contributed by atoms with van der Waals surface area (Å²) in [5.74, 6) is 2.44.